The third-order valence-corrected chi connectivity index (χ3v) is 5.07. The first-order valence-electron chi connectivity index (χ1n) is 7.78. The van der Waals surface area contributed by atoms with Gasteiger partial charge in [-0.15, -0.1) is 11.8 Å². The number of methoxy groups -OCH3 is 1. The summed E-state index contributed by atoms with van der Waals surface area (Å²) in [6.45, 7) is 1.20. The number of nitrogens with zero attached hydrogens (tertiary/aromatic N) is 1. The lowest BCUT2D eigenvalue weighted by atomic mass is 9.97. The molecule has 126 valence electrons. The molecule has 1 atom stereocenters. The van der Waals surface area contributed by atoms with Crippen molar-refractivity contribution in [1.82, 2.24) is 4.90 Å². The molecule has 0 radical (unpaired) electrons. The fraction of sp³-hybridized carbons (Fsp3) is 0.529. The first-order chi connectivity index (χ1) is 11.1. The number of likely N-dealkylation sites (tertiary alicyclic amines) is 1. The van der Waals surface area contributed by atoms with Crippen molar-refractivity contribution in [2.45, 2.75) is 18.9 Å². The Kier molecular flexibility index (Phi) is 6.92. The van der Waals surface area contributed by atoms with E-state index >= 15 is 0 Å². The van der Waals surface area contributed by atoms with Crippen LogP contribution in [0, 0.1) is 5.92 Å². The fourth-order valence-corrected chi connectivity index (χ4v) is 3.54. The molecule has 5 nitrogen and oxygen atoms in total. The van der Waals surface area contributed by atoms with Crippen molar-refractivity contribution < 1.29 is 19.4 Å². The van der Waals surface area contributed by atoms with Crippen LogP contribution in [-0.2, 0) is 14.3 Å². The first-order valence-corrected chi connectivity index (χ1v) is 8.93. The summed E-state index contributed by atoms with van der Waals surface area (Å²) in [5.41, 5.74) is 0.867. The molecule has 0 saturated carbocycles. The number of benzene rings is 1. The molecule has 0 aromatic heterocycles. The normalized spacial score (nSPS) is 16.9. The number of piperidine rings is 1. The number of hydrogen-bond donors (Lipinski definition) is 1. The van der Waals surface area contributed by atoms with E-state index in [0.717, 1.165) is 5.56 Å². The lowest BCUT2D eigenvalue weighted by Crippen LogP contribution is -2.41. The van der Waals surface area contributed by atoms with Gasteiger partial charge in [0, 0.05) is 18.8 Å². The van der Waals surface area contributed by atoms with Crippen molar-refractivity contribution in [3.05, 3.63) is 35.9 Å². The van der Waals surface area contributed by atoms with E-state index in [-0.39, 0.29) is 17.8 Å². The van der Waals surface area contributed by atoms with E-state index in [1.807, 2.05) is 30.3 Å². The van der Waals surface area contributed by atoms with Crippen molar-refractivity contribution in [3.63, 3.8) is 0 Å². The predicted octanol–water partition coefficient (Wildman–Crippen LogP) is 1.86. The second-order valence-corrected chi connectivity index (χ2v) is 6.65. The van der Waals surface area contributed by atoms with E-state index in [4.69, 9.17) is 4.74 Å². The van der Waals surface area contributed by atoms with Gasteiger partial charge in [0.05, 0.1) is 24.9 Å². The zero-order valence-corrected chi connectivity index (χ0v) is 14.1. The Hall–Kier alpha value is -1.53. The predicted molar refractivity (Wildman–Crippen MR) is 90.0 cm³/mol. The number of ether oxygens (including phenoxy) is 1. The molecule has 1 fully saturated rings. The smallest absolute Gasteiger partial charge is 0.308 e. The van der Waals surface area contributed by atoms with Crippen molar-refractivity contribution in [2.75, 3.05) is 31.7 Å². The van der Waals surface area contributed by atoms with Gasteiger partial charge in [0.15, 0.2) is 0 Å². The molecule has 1 heterocycles. The molecule has 0 bridgehead atoms. The SMILES string of the molecule is COC(=O)C1CCN(C(=O)CSCC(O)c2ccccc2)CC1. The van der Waals surface area contributed by atoms with Crippen LogP contribution < -0.4 is 0 Å². The van der Waals surface area contributed by atoms with Gasteiger partial charge in [-0.3, -0.25) is 9.59 Å². The van der Waals surface area contributed by atoms with Crippen LogP contribution >= 0.6 is 11.8 Å². The van der Waals surface area contributed by atoms with Crippen LogP contribution in [0.1, 0.15) is 24.5 Å². The molecule has 1 aromatic carbocycles. The highest BCUT2D eigenvalue weighted by Gasteiger charge is 2.27. The average molecular weight is 337 g/mol. The topological polar surface area (TPSA) is 66.8 Å². The molecule has 0 spiro atoms. The number of aliphatic hydroxyl groups excluding tert-OH is 1. The Morgan fingerprint density at radius 2 is 1.96 bits per heavy atom. The van der Waals surface area contributed by atoms with E-state index in [1.165, 1.54) is 18.9 Å². The maximum atomic E-state index is 12.2. The number of rotatable bonds is 6. The number of esters is 1. The Morgan fingerprint density at radius 3 is 2.57 bits per heavy atom. The highest BCUT2D eigenvalue weighted by molar-refractivity contribution is 7.99. The van der Waals surface area contributed by atoms with Gasteiger partial charge >= 0.3 is 5.97 Å². The van der Waals surface area contributed by atoms with Crippen LogP contribution in [0.3, 0.4) is 0 Å². The highest BCUT2D eigenvalue weighted by atomic mass is 32.2. The second kappa shape index (κ2) is 8.93. The Morgan fingerprint density at radius 1 is 1.30 bits per heavy atom. The van der Waals surface area contributed by atoms with Gasteiger partial charge in [0.2, 0.25) is 5.91 Å². The van der Waals surface area contributed by atoms with Crippen molar-refractivity contribution in [3.8, 4) is 0 Å². The maximum absolute atomic E-state index is 12.2. The van der Waals surface area contributed by atoms with E-state index in [0.29, 0.717) is 37.4 Å². The van der Waals surface area contributed by atoms with E-state index in [9.17, 15) is 14.7 Å². The van der Waals surface area contributed by atoms with Gasteiger partial charge in [-0.1, -0.05) is 30.3 Å². The summed E-state index contributed by atoms with van der Waals surface area (Å²) in [6.07, 6.45) is 0.768. The van der Waals surface area contributed by atoms with Crippen molar-refractivity contribution >= 4 is 23.6 Å². The molecule has 2 rings (SSSR count). The summed E-state index contributed by atoms with van der Waals surface area (Å²) in [6, 6.07) is 9.44. The molecule has 1 aliphatic rings. The summed E-state index contributed by atoms with van der Waals surface area (Å²) in [7, 11) is 1.40. The third kappa shape index (κ3) is 5.25. The van der Waals surface area contributed by atoms with Crippen LogP contribution in [-0.4, -0.2) is 53.6 Å². The van der Waals surface area contributed by atoms with Gasteiger partial charge in [-0.25, -0.2) is 0 Å². The fourth-order valence-electron chi connectivity index (χ4n) is 2.65. The van der Waals surface area contributed by atoms with Crippen LogP contribution in [0.5, 0.6) is 0 Å². The van der Waals surface area contributed by atoms with Crippen LogP contribution in [0.2, 0.25) is 0 Å². The van der Waals surface area contributed by atoms with Crippen molar-refractivity contribution in [2.24, 2.45) is 5.92 Å². The standard InChI is InChI=1S/C17H23NO4S/c1-22-17(21)14-7-9-18(10-8-14)16(20)12-23-11-15(19)13-5-3-2-4-6-13/h2-6,14-15,19H,7-12H2,1H3. The molecule has 1 aromatic rings. The number of carbonyl (C=O) groups is 2. The molecular weight excluding hydrogens is 314 g/mol. The van der Waals surface area contributed by atoms with Crippen LogP contribution in [0.25, 0.3) is 0 Å². The molecular formula is C17H23NO4S. The summed E-state index contributed by atoms with van der Waals surface area (Å²) in [5, 5.41) is 10.1. The summed E-state index contributed by atoms with van der Waals surface area (Å²) in [5.74, 6) is 0.647. The highest BCUT2D eigenvalue weighted by Crippen LogP contribution is 2.21. The molecule has 6 heteroatoms. The van der Waals surface area contributed by atoms with E-state index in [2.05, 4.69) is 0 Å². The number of aliphatic hydroxyl groups is 1. The molecule has 1 amide bonds. The van der Waals surface area contributed by atoms with E-state index in [1.54, 1.807) is 4.90 Å². The molecule has 1 unspecified atom stereocenters. The Balaban J connectivity index is 1.69. The Labute approximate surface area is 141 Å². The van der Waals surface area contributed by atoms with Crippen LogP contribution in [0.4, 0.5) is 0 Å². The number of carbonyl (C=O) groups excluding carboxylic acids is 2. The lowest BCUT2D eigenvalue weighted by molar-refractivity contribution is -0.148. The minimum absolute atomic E-state index is 0.0681. The van der Waals surface area contributed by atoms with Gasteiger partial charge in [-0.05, 0) is 18.4 Å². The minimum Gasteiger partial charge on any atom is -0.469 e. The molecule has 1 saturated heterocycles. The quantitative estimate of drug-likeness (QED) is 0.803. The lowest BCUT2D eigenvalue weighted by Gasteiger charge is -2.30. The van der Waals surface area contributed by atoms with Gasteiger partial charge in [0.25, 0.3) is 0 Å². The molecule has 23 heavy (non-hydrogen) atoms. The zero-order valence-electron chi connectivity index (χ0n) is 13.3. The van der Waals surface area contributed by atoms with Gasteiger partial charge in [-0.2, -0.15) is 0 Å². The molecule has 1 aliphatic heterocycles. The summed E-state index contributed by atoms with van der Waals surface area (Å²) < 4.78 is 4.74. The Bertz CT molecular complexity index is 515. The maximum Gasteiger partial charge on any atom is 0.308 e. The van der Waals surface area contributed by atoms with Crippen LogP contribution in [0.15, 0.2) is 30.3 Å². The third-order valence-electron chi connectivity index (χ3n) is 4.07. The molecule has 1 N–H and O–H groups in total. The monoisotopic (exact) mass is 337 g/mol. The zero-order chi connectivity index (χ0) is 16.7. The number of amides is 1. The number of hydrogen-bond acceptors (Lipinski definition) is 5. The minimum atomic E-state index is -0.556. The van der Waals surface area contributed by atoms with Gasteiger partial charge < -0.3 is 14.7 Å². The summed E-state index contributed by atoms with van der Waals surface area (Å²) >= 11 is 1.44. The van der Waals surface area contributed by atoms with E-state index < -0.39 is 6.10 Å². The van der Waals surface area contributed by atoms with Gasteiger partial charge in [0.1, 0.15) is 0 Å². The van der Waals surface area contributed by atoms with Crippen molar-refractivity contribution in [1.29, 1.82) is 0 Å². The molecule has 0 aliphatic carbocycles. The largest absolute Gasteiger partial charge is 0.469 e. The average Bonchev–Trinajstić information content (AvgIpc) is 2.61. The second-order valence-electron chi connectivity index (χ2n) is 5.62. The first kappa shape index (κ1) is 17.8. The number of thioether (sulfide) groups is 1. The summed E-state index contributed by atoms with van der Waals surface area (Å²) in [4.78, 5) is 25.4.